The van der Waals surface area contributed by atoms with Crippen molar-refractivity contribution in [3.63, 3.8) is 0 Å². The molecule has 18 heavy (non-hydrogen) atoms. The third kappa shape index (κ3) is 1.85. The standard InChI is InChI=1S/C12H8N2O2S2/c15-9-7-3-1-2-4-8(7)18-10(9)11(16)14-12-13-5-6-17-12/h1-6,15H,(H,13,14,16). The second-order valence-corrected chi connectivity index (χ2v) is 5.51. The molecule has 0 bridgehead atoms. The molecule has 2 N–H and O–H groups in total. The lowest BCUT2D eigenvalue weighted by Crippen LogP contribution is -2.09. The van der Waals surface area contributed by atoms with E-state index < -0.39 is 0 Å². The van der Waals surface area contributed by atoms with Gasteiger partial charge in [-0.1, -0.05) is 12.1 Å². The zero-order valence-electron chi connectivity index (χ0n) is 9.08. The first-order chi connectivity index (χ1) is 8.75. The Labute approximate surface area is 111 Å². The number of rotatable bonds is 2. The van der Waals surface area contributed by atoms with Crippen molar-refractivity contribution in [2.24, 2.45) is 0 Å². The normalized spacial score (nSPS) is 10.7. The van der Waals surface area contributed by atoms with Crippen LogP contribution in [0.5, 0.6) is 5.75 Å². The van der Waals surface area contributed by atoms with Crippen LogP contribution in [-0.2, 0) is 0 Å². The second-order valence-electron chi connectivity index (χ2n) is 3.57. The van der Waals surface area contributed by atoms with Gasteiger partial charge < -0.3 is 5.11 Å². The van der Waals surface area contributed by atoms with Gasteiger partial charge in [-0.2, -0.15) is 0 Å². The van der Waals surface area contributed by atoms with Crippen molar-refractivity contribution in [2.45, 2.75) is 0 Å². The van der Waals surface area contributed by atoms with Crippen LogP contribution in [0.1, 0.15) is 9.67 Å². The number of nitrogens with zero attached hydrogens (tertiary/aromatic N) is 1. The largest absolute Gasteiger partial charge is 0.506 e. The van der Waals surface area contributed by atoms with Crippen LogP contribution in [-0.4, -0.2) is 16.0 Å². The summed E-state index contributed by atoms with van der Waals surface area (Å²) >= 11 is 2.61. The van der Waals surface area contributed by atoms with Crippen LogP contribution >= 0.6 is 22.7 Å². The highest BCUT2D eigenvalue weighted by Gasteiger charge is 2.18. The van der Waals surface area contributed by atoms with Crippen molar-refractivity contribution in [3.05, 3.63) is 40.7 Å². The number of amides is 1. The molecule has 0 saturated carbocycles. The maximum absolute atomic E-state index is 12.0. The van der Waals surface area contributed by atoms with E-state index in [2.05, 4.69) is 10.3 Å². The molecule has 0 aliphatic rings. The van der Waals surface area contributed by atoms with Gasteiger partial charge in [0.25, 0.3) is 5.91 Å². The summed E-state index contributed by atoms with van der Waals surface area (Å²) in [6.45, 7) is 0. The van der Waals surface area contributed by atoms with Crippen LogP contribution in [0.4, 0.5) is 5.13 Å². The Morgan fingerprint density at radius 1 is 1.33 bits per heavy atom. The molecule has 0 aliphatic heterocycles. The van der Waals surface area contributed by atoms with E-state index in [1.807, 2.05) is 18.2 Å². The number of hydrogen-bond donors (Lipinski definition) is 2. The van der Waals surface area contributed by atoms with Gasteiger partial charge in [0.05, 0.1) is 0 Å². The summed E-state index contributed by atoms with van der Waals surface area (Å²) in [4.78, 5) is 16.3. The maximum Gasteiger partial charge on any atom is 0.271 e. The molecule has 2 heterocycles. The highest BCUT2D eigenvalue weighted by atomic mass is 32.1. The molecule has 0 spiro atoms. The summed E-state index contributed by atoms with van der Waals surface area (Å²) in [5.74, 6) is -0.298. The molecule has 6 heteroatoms. The van der Waals surface area contributed by atoms with Gasteiger partial charge in [-0.05, 0) is 12.1 Å². The molecule has 0 atom stereocenters. The average Bonchev–Trinajstić information content (AvgIpc) is 2.98. The fraction of sp³-hybridized carbons (Fsp3) is 0. The highest BCUT2D eigenvalue weighted by molar-refractivity contribution is 7.21. The third-order valence-corrected chi connectivity index (χ3v) is 4.28. The molecular weight excluding hydrogens is 268 g/mol. The SMILES string of the molecule is O=C(Nc1nccs1)c1sc2ccccc2c1O. The minimum Gasteiger partial charge on any atom is -0.506 e. The molecule has 1 amide bonds. The minimum atomic E-state index is -0.330. The number of benzene rings is 1. The Bertz CT molecular complexity index is 704. The van der Waals surface area contributed by atoms with Gasteiger partial charge in [0.1, 0.15) is 10.6 Å². The van der Waals surface area contributed by atoms with Crippen LogP contribution in [0.25, 0.3) is 10.1 Å². The number of anilines is 1. The van der Waals surface area contributed by atoms with Crippen molar-refractivity contribution in [2.75, 3.05) is 5.32 Å². The molecule has 3 aromatic rings. The number of thiazole rings is 1. The number of thiophene rings is 1. The maximum atomic E-state index is 12.0. The van der Waals surface area contributed by atoms with Gasteiger partial charge >= 0.3 is 0 Å². The lowest BCUT2D eigenvalue weighted by atomic mass is 10.2. The first-order valence-electron chi connectivity index (χ1n) is 5.17. The number of carbonyl (C=O) groups excluding carboxylic acids is 1. The number of carbonyl (C=O) groups is 1. The van der Waals surface area contributed by atoms with Crippen molar-refractivity contribution in [3.8, 4) is 5.75 Å². The van der Waals surface area contributed by atoms with Crippen LogP contribution in [0.2, 0.25) is 0 Å². The summed E-state index contributed by atoms with van der Waals surface area (Å²) in [6, 6.07) is 7.37. The zero-order valence-corrected chi connectivity index (χ0v) is 10.7. The van der Waals surface area contributed by atoms with Crippen LogP contribution in [0.3, 0.4) is 0 Å². The van der Waals surface area contributed by atoms with Gasteiger partial charge in [0, 0.05) is 21.7 Å². The first kappa shape index (κ1) is 11.2. The van der Waals surface area contributed by atoms with Gasteiger partial charge in [0.2, 0.25) is 0 Å². The lowest BCUT2D eigenvalue weighted by molar-refractivity contribution is 0.102. The molecule has 1 aromatic carbocycles. The molecule has 0 unspecified atom stereocenters. The van der Waals surface area contributed by atoms with Crippen LogP contribution in [0, 0.1) is 0 Å². The van der Waals surface area contributed by atoms with E-state index in [0.29, 0.717) is 15.4 Å². The monoisotopic (exact) mass is 276 g/mol. The fourth-order valence-electron chi connectivity index (χ4n) is 1.62. The van der Waals surface area contributed by atoms with E-state index in [1.54, 1.807) is 17.6 Å². The zero-order chi connectivity index (χ0) is 12.5. The van der Waals surface area contributed by atoms with E-state index in [0.717, 1.165) is 4.70 Å². The van der Waals surface area contributed by atoms with Gasteiger partial charge in [-0.25, -0.2) is 4.98 Å². The van der Waals surface area contributed by atoms with Crippen LogP contribution < -0.4 is 5.32 Å². The Hall–Kier alpha value is -1.92. The molecule has 3 rings (SSSR count). The molecule has 90 valence electrons. The number of nitrogens with one attached hydrogen (secondary N) is 1. The van der Waals surface area contributed by atoms with Crippen molar-refractivity contribution in [1.82, 2.24) is 4.98 Å². The molecule has 0 saturated heterocycles. The summed E-state index contributed by atoms with van der Waals surface area (Å²) in [5.41, 5.74) is 0. The van der Waals surface area contributed by atoms with Crippen LogP contribution in [0.15, 0.2) is 35.8 Å². The highest BCUT2D eigenvalue weighted by Crippen LogP contribution is 2.36. The topological polar surface area (TPSA) is 62.2 Å². The van der Waals surface area contributed by atoms with E-state index in [1.165, 1.54) is 22.7 Å². The Morgan fingerprint density at radius 3 is 2.89 bits per heavy atom. The van der Waals surface area contributed by atoms with Crippen molar-refractivity contribution >= 4 is 43.8 Å². The summed E-state index contributed by atoms with van der Waals surface area (Å²) in [5, 5.41) is 15.7. The molecule has 4 nitrogen and oxygen atoms in total. The Kier molecular flexibility index (Phi) is 2.73. The average molecular weight is 276 g/mol. The quantitative estimate of drug-likeness (QED) is 0.754. The number of fused-ring (bicyclic) bond motifs is 1. The van der Waals surface area contributed by atoms with Gasteiger partial charge in [0.15, 0.2) is 5.13 Å². The smallest absolute Gasteiger partial charge is 0.271 e. The van der Waals surface area contributed by atoms with E-state index in [4.69, 9.17) is 0 Å². The molecular formula is C12H8N2O2S2. The van der Waals surface area contributed by atoms with Crippen molar-refractivity contribution in [1.29, 1.82) is 0 Å². The summed E-state index contributed by atoms with van der Waals surface area (Å²) in [6.07, 6.45) is 1.62. The Morgan fingerprint density at radius 2 is 2.17 bits per heavy atom. The molecule has 0 fully saturated rings. The number of hydrogen-bond acceptors (Lipinski definition) is 5. The molecule has 2 aromatic heterocycles. The predicted octanol–water partition coefficient (Wildman–Crippen LogP) is 3.32. The fourth-order valence-corrected chi connectivity index (χ4v) is 3.14. The van der Waals surface area contributed by atoms with Crippen molar-refractivity contribution < 1.29 is 9.90 Å². The van der Waals surface area contributed by atoms with E-state index in [9.17, 15) is 9.90 Å². The predicted molar refractivity (Wildman–Crippen MR) is 73.6 cm³/mol. The molecule has 0 aliphatic carbocycles. The van der Waals surface area contributed by atoms with Gasteiger partial charge in [-0.15, -0.1) is 22.7 Å². The lowest BCUT2D eigenvalue weighted by Gasteiger charge is -1.98. The first-order valence-corrected chi connectivity index (χ1v) is 6.86. The number of aromatic nitrogens is 1. The second kappa shape index (κ2) is 4.40. The molecule has 0 radical (unpaired) electrons. The van der Waals surface area contributed by atoms with E-state index >= 15 is 0 Å². The van der Waals surface area contributed by atoms with E-state index in [-0.39, 0.29) is 11.7 Å². The summed E-state index contributed by atoms with van der Waals surface area (Å²) in [7, 11) is 0. The third-order valence-electron chi connectivity index (χ3n) is 2.43. The number of aromatic hydroxyl groups is 1. The summed E-state index contributed by atoms with van der Waals surface area (Å²) < 4.78 is 0.888. The Balaban J connectivity index is 1.99. The van der Waals surface area contributed by atoms with Gasteiger partial charge in [-0.3, -0.25) is 10.1 Å². The minimum absolute atomic E-state index is 0.0321.